The van der Waals surface area contributed by atoms with Crippen LogP contribution in [0, 0.1) is 0 Å². The number of halogens is 2. The summed E-state index contributed by atoms with van der Waals surface area (Å²) in [5, 5.41) is 11.8. The van der Waals surface area contributed by atoms with E-state index in [0.29, 0.717) is 12.0 Å². The molecule has 1 unspecified atom stereocenters. The molecule has 1 atom stereocenters. The molecule has 1 aromatic rings. The first-order valence-corrected chi connectivity index (χ1v) is 6.53. The molecule has 0 aliphatic carbocycles. The van der Waals surface area contributed by atoms with E-state index in [-0.39, 0.29) is 18.6 Å². The number of amides is 1. The number of hydrogen-bond donors (Lipinski definition) is 2. The molecule has 0 saturated heterocycles. The fourth-order valence-corrected chi connectivity index (χ4v) is 2.44. The minimum atomic E-state index is -0.192. The molecule has 0 saturated carbocycles. The summed E-state index contributed by atoms with van der Waals surface area (Å²) >= 11 is 6.65. The summed E-state index contributed by atoms with van der Waals surface area (Å²) in [6.07, 6.45) is 0.705. The summed E-state index contributed by atoms with van der Waals surface area (Å²) in [4.78, 5) is 11.8. The molecule has 0 fully saturated rings. The van der Waals surface area contributed by atoms with Crippen LogP contribution in [0.15, 0.2) is 27.1 Å². The summed E-state index contributed by atoms with van der Waals surface area (Å²) in [6, 6.07) is 5.16. The van der Waals surface area contributed by atoms with E-state index in [2.05, 4.69) is 37.2 Å². The first kappa shape index (κ1) is 13.7. The molecule has 0 aliphatic heterocycles. The number of nitrogens with one attached hydrogen (secondary N) is 1. The zero-order valence-corrected chi connectivity index (χ0v) is 12.0. The quantitative estimate of drug-likeness (QED) is 0.877. The minimum Gasteiger partial charge on any atom is -0.394 e. The molecule has 2 N–H and O–H groups in total. The third-order valence-corrected chi connectivity index (χ3v) is 3.37. The number of benzene rings is 1. The fourth-order valence-electron chi connectivity index (χ4n) is 1.21. The Hall–Kier alpha value is -0.390. The molecule has 88 valence electrons. The van der Waals surface area contributed by atoms with Crippen LogP contribution in [0.4, 0.5) is 0 Å². The summed E-state index contributed by atoms with van der Waals surface area (Å²) in [7, 11) is 0. The first-order chi connectivity index (χ1) is 7.58. The maximum Gasteiger partial charge on any atom is 0.252 e. The van der Waals surface area contributed by atoms with Crippen LogP contribution in [0.2, 0.25) is 0 Å². The van der Waals surface area contributed by atoms with E-state index in [9.17, 15) is 4.79 Å². The van der Waals surface area contributed by atoms with Gasteiger partial charge in [-0.3, -0.25) is 4.79 Å². The standard InChI is InChI=1S/C11H13Br2NO2/c1-2-8(6-15)14-11(16)9-4-3-7(12)5-10(9)13/h3-5,8,15H,2,6H2,1H3,(H,14,16). The molecule has 1 rings (SSSR count). The van der Waals surface area contributed by atoms with Crippen molar-refractivity contribution >= 4 is 37.8 Å². The largest absolute Gasteiger partial charge is 0.394 e. The van der Waals surface area contributed by atoms with Gasteiger partial charge < -0.3 is 10.4 Å². The second-order valence-electron chi connectivity index (χ2n) is 3.39. The maximum absolute atomic E-state index is 11.8. The molecule has 0 spiro atoms. The Morgan fingerprint density at radius 3 is 2.69 bits per heavy atom. The third kappa shape index (κ3) is 3.57. The predicted octanol–water partition coefficient (Wildman–Crippen LogP) is 2.71. The second-order valence-corrected chi connectivity index (χ2v) is 5.16. The molecule has 0 aromatic heterocycles. The van der Waals surface area contributed by atoms with Crippen LogP contribution in [0.5, 0.6) is 0 Å². The molecular formula is C11H13Br2NO2. The smallest absolute Gasteiger partial charge is 0.252 e. The van der Waals surface area contributed by atoms with Gasteiger partial charge in [0.15, 0.2) is 0 Å². The topological polar surface area (TPSA) is 49.3 Å². The Morgan fingerprint density at radius 1 is 1.50 bits per heavy atom. The van der Waals surface area contributed by atoms with Crippen molar-refractivity contribution in [1.82, 2.24) is 5.32 Å². The summed E-state index contributed by atoms with van der Waals surface area (Å²) in [6.45, 7) is 1.87. The summed E-state index contributed by atoms with van der Waals surface area (Å²) in [5.74, 6) is -0.180. The highest BCUT2D eigenvalue weighted by molar-refractivity contribution is 9.11. The average molecular weight is 351 g/mol. The van der Waals surface area contributed by atoms with E-state index in [1.165, 1.54) is 0 Å². The lowest BCUT2D eigenvalue weighted by Crippen LogP contribution is -2.37. The number of rotatable bonds is 4. The molecule has 0 heterocycles. The van der Waals surface area contributed by atoms with Crippen LogP contribution in [0.3, 0.4) is 0 Å². The Balaban J connectivity index is 2.80. The first-order valence-electron chi connectivity index (χ1n) is 4.95. The van der Waals surface area contributed by atoms with E-state index >= 15 is 0 Å². The average Bonchev–Trinajstić information content (AvgIpc) is 2.25. The van der Waals surface area contributed by atoms with Crippen LogP contribution in [0.1, 0.15) is 23.7 Å². The summed E-state index contributed by atoms with van der Waals surface area (Å²) in [5.41, 5.74) is 0.565. The Bertz CT molecular complexity index is 378. The highest BCUT2D eigenvalue weighted by atomic mass is 79.9. The molecule has 0 radical (unpaired) electrons. The lowest BCUT2D eigenvalue weighted by molar-refractivity contribution is 0.0914. The van der Waals surface area contributed by atoms with Crippen molar-refractivity contribution in [2.45, 2.75) is 19.4 Å². The molecular weight excluding hydrogens is 338 g/mol. The van der Waals surface area contributed by atoms with E-state index in [4.69, 9.17) is 5.11 Å². The van der Waals surface area contributed by atoms with Crippen LogP contribution in [0.25, 0.3) is 0 Å². The van der Waals surface area contributed by atoms with Gasteiger partial charge in [-0.25, -0.2) is 0 Å². The SMILES string of the molecule is CCC(CO)NC(=O)c1ccc(Br)cc1Br. The maximum atomic E-state index is 11.8. The monoisotopic (exact) mass is 349 g/mol. The van der Waals surface area contributed by atoms with Gasteiger partial charge in [0.2, 0.25) is 0 Å². The van der Waals surface area contributed by atoms with Crippen molar-refractivity contribution in [1.29, 1.82) is 0 Å². The summed E-state index contributed by atoms with van der Waals surface area (Å²) < 4.78 is 1.64. The van der Waals surface area contributed by atoms with Gasteiger partial charge in [0.25, 0.3) is 5.91 Å². The number of carbonyl (C=O) groups excluding carboxylic acids is 1. The number of aliphatic hydroxyl groups is 1. The van der Waals surface area contributed by atoms with Gasteiger partial charge in [0, 0.05) is 8.95 Å². The molecule has 0 aliphatic rings. The highest BCUT2D eigenvalue weighted by Gasteiger charge is 2.13. The van der Waals surface area contributed by atoms with E-state index in [1.807, 2.05) is 13.0 Å². The van der Waals surface area contributed by atoms with Gasteiger partial charge in [-0.15, -0.1) is 0 Å². The normalized spacial score (nSPS) is 12.2. The van der Waals surface area contributed by atoms with Crippen molar-refractivity contribution < 1.29 is 9.90 Å². The molecule has 5 heteroatoms. The van der Waals surface area contributed by atoms with Gasteiger partial charge >= 0.3 is 0 Å². The number of aliphatic hydroxyl groups excluding tert-OH is 1. The molecule has 3 nitrogen and oxygen atoms in total. The highest BCUT2D eigenvalue weighted by Crippen LogP contribution is 2.21. The molecule has 1 amide bonds. The zero-order valence-electron chi connectivity index (χ0n) is 8.84. The lowest BCUT2D eigenvalue weighted by atomic mass is 10.2. The van der Waals surface area contributed by atoms with E-state index in [0.717, 1.165) is 8.95 Å². The van der Waals surface area contributed by atoms with Gasteiger partial charge in [-0.1, -0.05) is 22.9 Å². The van der Waals surface area contributed by atoms with E-state index < -0.39 is 0 Å². The third-order valence-electron chi connectivity index (χ3n) is 2.22. The van der Waals surface area contributed by atoms with Crippen molar-refractivity contribution in [3.8, 4) is 0 Å². The lowest BCUT2D eigenvalue weighted by Gasteiger charge is -2.14. The van der Waals surface area contributed by atoms with Gasteiger partial charge in [-0.05, 0) is 40.5 Å². The van der Waals surface area contributed by atoms with Crippen molar-refractivity contribution in [2.75, 3.05) is 6.61 Å². The Morgan fingerprint density at radius 2 is 2.19 bits per heavy atom. The van der Waals surface area contributed by atoms with Crippen LogP contribution >= 0.6 is 31.9 Å². The second kappa shape index (κ2) is 6.37. The van der Waals surface area contributed by atoms with Crippen LogP contribution < -0.4 is 5.32 Å². The van der Waals surface area contributed by atoms with Crippen LogP contribution in [-0.2, 0) is 0 Å². The van der Waals surface area contributed by atoms with Crippen LogP contribution in [-0.4, -0.2) is 23.7 Å². The Kier molecular flexibility index (Phi) is 5.44. The molecule has 16 heavy (non-hydrogen) atoms. The molecule has 0 bridgehead atoms. The predicted molar refractivity (Wildman–Crippen MR) is 70.5 cm³/mol. The van der Waals surface area contributed by atoms with Crippen molar-refractivity contribution in [2.24, 2.45) is 0 Å². The van der Waals surface area contributed by atoms with Gasteiger partial charge in [-0.2, -0.15) is 0 Å². The molecule has 1 aromatic carbocycles. The van der Waals surface area contributed by atoms with E-state index in [1.54, 1.807) is 12.1 Å². The minimum absolute atomic E-state index is 0.0453. The van der Waals surface area contributed by atoms with Gasteiger partial charge in [0.05, 0.1) is 18.2 Å². The Labute approximate surface area is 111 Å². The van der Waals surface area contributed by atoms with Gasteiger partial charge in [0.1, 0.15) is 0 Å². The van der Waals surface area contributed by atoms with Crippen molar-refractivity contribution in [3.63, 3.8) is 0 Å². The number of hydrogen-bond acceptors (Lipinski definition) is 2. The number of carbonyl (C=O) groups is 1. The zero-order chi connectivity index (χ0) is 12.1. The fraction of sp³-hybridized carbons (Fsp3) is 0.364. The van der Waals surface area contributed by atoms with Crippen molar-refractivity contribution in [3.05, 3.63) is 32.7 Å².